The van der Waals surface area contributed by atoms with Gasteiger partial charge in [-0.3, -0.25) is 0 Å². The Balaban J connectivity index is 1.42. The van der Waals surface area contributed by atoms with Gasteiger partial charge >= 0.3 is 0 Å². The second kappa shape index (κ2) is 14.3. The average molecular weight is 683 g/mol. The second-order valence-corrected chi connectivity index (χ2v) is 12.7. The number of rotatable bonds is 8. The van der Waals surface area contributed by atoms with Crippen LogP contribution in [0.3, 0.4) is 0 Å². The first kappa shape index (κ1) is 25.1. The van der Waals surface area contributed by atoms with E-state index in [1.54, 1.807) is 4.90 Å². The topological polar surface area (TPSA) is 3.24 Å². The van der Waals surface area contributed by atoms with E-state index in [9.17, 15) is 9.60 Å². The summed E-state index contributed by atoms with van der Waals surface area (Å²) in [4.78, 5) is 1.59. The standard InChI is InChI=1S/C52H37N/c1-5-17-38(18-6-1)44-32-36-51(49(37-44)41-23-11-4-12-24-41)53(50-28-16-15-26-46(50)39-19-7-2-8-20-39)45-33-29-43(30-34-45)52-47-27-14-13-25-42(47)31-35-48(52)40-21-9-3-10-22-40/h1-37H/i29D,30D,32D,33D,34D,36D,37D. The van der Waals surface area contributed by atoms with E-state index in [4.69, 9.17) is 0 Å². The van der Waals surface area contributed by atoms with Crippen molar-refractivity contribution in [2.24, 2.45) is 0 Å². The lowest BCUT2D eigenvalue weighted by molar-refractivity contribution is 1.28. The van der Waals surface area contributed by atoms with Crippen molar-refractivity contribution in [3.8, 4) is 55.6 Å². The van der Waals surface area contributed by atoms with Crippen LogP contribution < -0.4 is 4.90 Å². The van der Waals surface area contributed by atoms with Gasteiger partial charge in [0, 0.05) is 16.8 Å². The van der Waals surface area contributed by atoms with Crippen LogP contribution in [0, 0.1) is 0 Å². The van der Waals surface area contributed by atoms with E-state index in [0.717, 1.165) is 27.5 Å². The summed E-state index contributed by atoms with van der Waals surface area (Å²) in [5, 5.41) is 1.68. The van der Waals surface area contributed by atoms with Gasteiger partial charge in [0.05, 0.1) is 21.0 Å². The van der Waals surface area contributed by atoms with Gasteiger partial charge in [-0.05, 0) is 85.5 Å². The van der Waals surface area contributed by atoms with Gasteiger partial charge in [0.15, 0.2) is 0 Å². The minimum absolute atomic E-state index is 0.000672. The fourth-order valence-corrected chi connectivity index (χ4v) is 6.96. The van der Waals surface area contributed by atoms with Crippen LogP contribution in [0.25, 0.3) is 66.4 Å². The van der Waals surface area contributed by atoms with Crippen molar-refractivity contribution in [1.82, 2.24) is 0 Å². The molecule has 0 atom stereocenters. The average Bonchev–Trinajstić information content (AvgIpc) is 3.30. The molecule has 1 heteroatoms. The SMILES string of the molecule is [2H]c1c([2H])c(N(c2ccccc2-c2ccccc2)c2c([2H])c([2H])c(-c3c(-c4ccccc4)ccc4ccccc34)c([2H])c2[2H])c(-c2ccccc2)c([2H])c1-c1ccccc1. The van der Waals surface area contributed by atoms with Crippen molar-refractivity contribution in [3.05, 3.63) is 224 Å². The van der Waals surface area contributed by atoms with Crippen molar-refractivity contribution >= 4 is 27.8 Å². The van der Waals surface area contributed by atoms with E-state index in [0.29, 0.717) is 33.5 Å². The van der Waals surface area contributed by atoms with Crippen molar-refractivity contribution in [2.45, 2.75) is 0 Å². The summed E-state index contributed by atoms with van der Waals surface area (Å²) in [6, 6.07) is 55.4. The van der Waals surface area contributed by atoms with E-state index in [-0.39, 0.29) is 64.8 Å². The van der Waals surface area contributed by atoms with E-state index < -0.39 is 0 Å². The molecule has 0 aliphatic carbocycles. The third-order valence-electron chi connectivity index (χ3n) is 9.47. The Bertz CT molecular complexity index is 3020. The largest absolute Gasteiger partial charge is 0.309 e. The van der Waals surface area contributed by atoms with Gasteiger partial charge in [0.1, 0.15) is 0 Å². The molecule has 9 aromatic rings. The van der Waals surface area contributed by atoms with Gasteiger partial charge < -0.3 is 4.90 Å². The third-order valence-corrected chi connectivity index (χ3v) is 9.47. The zero-order valence-electron chi connectivity index (χ0n) is 35.8. The molecule has 9 aromatic carbocycles. The lowest BCUT2D eigenvalue weighted by atomic mass is 9.89. The van der Waals surface area contributed by atoms with Crippen molar-refractivity contribution in [2.75, 3.05) is 4.90 Å². The molecular weight excluding hydrogens is 639 g/mol. The van der Waals surface area contributed by atoms with Crippen LogP contribution in [0.15, 0.2) is 224 Å². The molecule has 0 aromatic heterocycles. The highest BCUT2D eigenvalue weighted by atomic mass is 15.1. The zero-order chi connectivity index (χ0) is 41.5. The van der Waals surface area contributed by atoms with Crippen LogP contribution in [0.5, 0.6) is 0 Å². The van der Waals surface area contributed by atoms with Crippen molar-refractivity contribution in [3.63, 3.8) is 0 Å². The Hall–Kier alpha value is -6.96. The molecule has 0 unspecified atom stereocenters. The van der Waals surface area contributed by atoms with Crippen LogP contribution in [-0.2, 0) is 0 Å². The van der Waals surface area contributed by atoms with E-state index >= 15 is 0 Å². The quantitative estimate of drug-likeness (QED) is 0.154. The molecule has 0 aliphatic rings. The predicted molar refractivity (Wildman–Crippen MR) is 226 cm³/mol. The molecule has 0 spiro atoms. The molecule has 0 amide bonds. The molecular formula is C52H37N. The Morgan fingerprint density at radius 3 is 1.49 bits per heavy atom. The number of benzene rings is 9. The van der Waals surface area contributed by atoms with Crippen LogP contribution in [0.4, 0.5) is 17.1 Å². The highest BCUT2D eigenvalue weighted by molar-refractivity contribution is 6.04. The summed E-state index contributed by atoms with van der Waals surface area (Å²) in [6.45, 7) is 0. The maximum absolute atomic E-state index is 9.95. The molecule has 0 heterocycles. The smallest absolute Gasteiger partial charge is 0.0645 e. The Morgan fingerprint density at radius 1 is 0.321 bits per heavy atom. The van der Waals surface area contributed by atoms with E-state index in [1.807, 2.05) is 182 Å². The fourth-order valence-electron chi connectivity index (χ4n) is 6.96. The number of fused-ring (bicyclic) bond motifs is 1. The molecule has 9 rings (SSSR count). The first-order valence-corrected chi connectivity index (χ1v) is 17.6. The fraction of sp³-hybridized carbons (Fsp3) is 0. The van der Waals surface area contributed by atoms with Gasteiger partial charge in [0.2, 0.25) is 0 Å². The molecule has 0 saturated carbocycles. The second-order valence-electron chi connectivity index (χ2n) is 12.7. The summed E-state index contributed by atoms with van der Waals surface area (Å²) >= 11 is 0. The van der Waals surface area contributed by atoms with Gasteiger partial charge in [-0.25, -0.2) is 0 Å². The zero-order valence-corrected chi connectivity index (χ0v) is 28.8. The number of para-hydroxylation sites is 1. The van der Waals surface area contributed by atoms with Crippen molar-refractivity contribution < 1.29 is 9.60 Å². The van der Waals surface area contributed by atoms with Gasteiger partial charge in [-0.15, -0.1) is 0 Å². The summed E-state index contributed by atoms with van der Waals surface area (Å²) in [5.74, 6) is 0. The maximum Gasteiger partial charge on any atom is 0.0645 e. The molecule has 0 aliphatic heterocycles. The minimum atomic E-state index is -0.329. The van der Waals surface area contributed by atoms with E-state index in [2.05, 4.69) is 0 Å². The maximum atomic E-state index is 9.95. The molecule has 0 N–H and O–H groups in total. The van der Waals surface area contributed by atoms with Crippen LogP contribution in [0.2, 0.25) is 0 Å². The van der Waals surface area contributed by atoms with Gasteiger partial charge in [-0.2, -0.15) is 0 Å². The molecule has 0 radical (unpaired) electrons. The summed E-state index contributed by atoms with van der Waals surface area (Å²) in [7, 11) is 0. The van der Waals surface area contributed by atoms with Crippen LogP contribution in [0.1, 0.15) is 9.60 Å². The molecule has 250 valence electrons. The summed E-state index contributed by atoms with van der Waals surface area (Å²) in [6.07, 6.45) is 0. The predicted octanol–water partition coefficient (Wildman–Crippen LogP) is 14.6. The number of nitrogens with zero attached hydrogens (tertiary/aromatic N) is 1. The number of hydrogen-bond donors (Lipinski definition) is 0. The third kappa shape index (κ3) is 6.30. The summed E-state index contributed by atoms with van der Waals surface area (Å²) < 4.78 is 68.9. The monoisotopic (exact) mass is 682 g/mol. The lowest BCUT2D eigenvalue weighted by Gasteiger charge is -2.30. The molecule has 1 nitrogen and oxygen atoms in total. The molecule has 0 bridgehead atoms. The van der Waals surface area contributed by atoms with Gasteiger partial charge in [-0.1, -0.05) is 194 Å². The Labute approximate surface area is 321 Å². The van der Waals surface area contributed by atoms with Gasteiger partial charge in [0.25, 0.3) is 0 Å². The number of anilines is 3. The Kier molecular flexibility index (Phi) is 6.78. The summed E-state index contributed by atoms with van der Waals surface area (Å²) in [5.41, 5.74) is 6.15. The van der Waals surface area contributed by atoms with Crippen molar-refractivity contribution in [1.29, 1.82) is 0 Å². The Morgan fingerprint density at radius 2 is 0.830 bits per heavy atom. The number of hydrogen-bond acceptors (Lipinski definition) is 1. The first-order chi connectivity index (χ1) is 29.3. The minimum Gasteiger partial charge on any atom is -0.309 e. The normalized spacial score (nSPS) is 12.9. The molecule has 0 fully saturated rings. The van der Waals surface area contributed by atoms with Crippen LogP contribution >= 0.6 is 0 Å². The lowest BCUT2D eigenvalue weighted by Crippen LogP contribution is -2.12. The molecule has 53 heavy (non-hydrogen) atoms. The molecule has 0 saturated heterocycles. The highest BCUT2D eigenvalue weighted by Crippen LogP contribution is 2.47. The highest BCUT2D eigenvalue weighted by Gasteiger charge is 2.22. The first-order valence-electron chi connectivity index (χ1n) is 21.1. The van der Waals surface area contributed by atoms with E-state index in [1.165, 1.54) is 0 Å². The van der Waals surface area contributed by atoms with Crippen LogP contribution in [-0.4, -0.2) is 0 Å².